The molecule has 3 heteroatoms. The number of methoxy groups -OCH3 is 1. The highest BCUT2D eigenvalue weighted by Gasteiger charge is 2.32. The monoisotopic (exact) mass is 602 g/mol. The molecule has 0 bridgehead atoms. The van der Waals surface area contributed by atoms with Gasteiger partial charge in [0.05, 0.1) is 12.7 Å². The minimum absolute atomic E-state index is 0.133. The van der Waals surface area contributed by atoms with Gasteiger partial charge in [-0.25, -0.2) is 0 Å². The molecule has 2 fully saturated rings. The quantitative estimate of drug-likeness (QED) is 0.145. The average Bonchev–Trinajstić information content (AvgIpc) is 3.04. The summed E-state index contributed by atoms with van der Waals surface area (Å²) in [4.78, 5) is 0. The zero-order valence-electron chi connectivity index (χ0n) is 28.5. The van der Waals surface area contributed by atoms with E-state index in [9.17, 15) is 0 Å². The van der Waals surface area contributed by atoms with E-state index in [1.807, 2.05) is 0 Å². The van der Waals surface area contributed by atoms with Gasteiger partial charge in [0.1, 0.15) is 0 Å². The van der Waals surface area contributed by atoms with Gasteiger partial charge in [-0.15, -0.1) is 6.58 Å². The topological polar surface area (TPSA) is 38.7 Å². The Hall–Kier alpha value is -1.94. The summed E-state index contributed by atoms with van der Waals surface area (Å²) < 4.78 is 11.7. The fourth-order valence-corrected chi connectivity index (χ4v) is 8.26. The molecule has 1 N–H and O–H groups in total. The van der Waals surface area contributed by atoms with E-state index in [0.29, 0.717) is 12.5 Å². The fraction of sp³-hybridized carbons (Fsp3) is 0.659. The van der Waals surface area contributed by atoms with Gasteiger partial charge in [0.15, 0.2) is 0 Å². The van der Waals surface area contributed by atoms with E-state index in [-0.39, 0.29) is 6.10 Å². The lowest BCUT2D eigenvalue weighted by molar-refractivity contribution is 0.0416. The maximum atomic E-state index is 9.09. The molecule has 2 aromatic rings. The highest BCUT2D eigenvalue weighted by Crippen LogP contribution is 2.47. The lowest BCUT2D eigenvalue weighted by Crippen LogP contribution is -2.25. The van der Waals surface area contributed by atoms with E-state index in [1.54, 1.807) is 18.2 Å². The van der Waals surface area contributed by atoms with E-state index >= 15 is 0 Å². The molecule has 1 atom stereocenters. The maximum absolute atomic E-state index is 9.09. The predicted molar refractivity (Wildman–Crippen MR) is 186 cm³/mol. The molecule has 2 aromatic carbocycles. The minimum Gasteiger partial charge on any atom is -0.396 e. The zero-order valence-corrected chi connectivity index (χ0v) is 28.5. The Morgan fingerprint density at radius 1 is 0.864 bits per heavy atom. The van der Waals surface area contributed by atoms with Crippen LogP contribution in [0.1, 0.15) is 149 Å². The predicted octanol–water partition coefficient (Wildman–Crippen LogP) is 10.6. The van der Waals surface area contributed by atoms with Gasteiger partial charge in [0, 0.05) is 20.3 Å². The third-order valence-corrected chi connectivity index (χ3v) is 10.9. The number of ether oxygens (including phenoxy) is 2. The van der Waals surface area contributed by atoms with Crippen molar-refractivity contribution in [2.24, 2.45) is 11.8 Å². The number of aryl methyl sites for hydroxylation is 3. The molecule has 3 nitrogen and oxygen atoms in total. The van der Waals surface area contributed by atoms with Gasteiger partial charge >= 0.3 is 0 Å². The highest BCUT2D eigenvalue weighted by atomic mass is 16.5. The van der Waals surface area contributed by atoms with Gasteiger partial charge in [0.2, 0.25) is 0 Å². The molecule has 244 valence electrons. The van der Waals surface area contributed by atoms with Gasteiger partial charge in [-0.3, -0.25) is 0 Å². The van der Waals surface area contributed by atoms with Crippen LogP contribution in [0.15, 0.2) is 48.6 Å². The van der Waals surface area contributed by atoms with Crippen molar-refractivity contribution in [2.45, 2.75) is 135 Å². The normalized spacial score (nSPS) is 23.0. The van der Waals surface area contributed by atoms with Gasteiger partial charge in [-0.2, -0.15) is 0 Å². The highest BCUT2D eigenvalue weighted by molar-refractivity contribution is 5.36. The molecule has 0 aliphatic heterocycles. The summed E-state index contributed by atoms with van der Waals surface area (Å²) in [7, 11) is 1.78. The second-order valence-corrected chi connectivity index (χ2v) is 14.1. The van der Waals surface area contributed by atoms with Crippen LogP contribution in [0, 0.1) is 18.8 Å². The largest absolute Gasteiger partial charge is 0.396 e. The smallest absolute Gasteiger partial charge is 0.0826 e. The molecule has 0 radical (unpaired) electrons. The second kappa shape index (κ2) is 18.3. The summed E-state index contributed by atoms with van der Waals surface area (Å²) >= 11 is 0. The van der Waals surface area contributed by atoms with E-state index in [4.69, 9.17) is 14.6 Å². The maximum Gasteiger partial charge on any atom is 0.0826 e. The molecule has 2 aliphatic carbocycles. The van der Waals surface area contributed by atoms with E-state index < -0.39 is 0 Å². The molecule has 0 heterocycles. The number of aliphatic hydroxyl groups is 1. The van der Waals surface area contributed by atoms with Crippen LogP contribution in [0.5, 0.6) is 0 Å². The number of aliphatic hydroxyl groups excluding tert-OH is 1. The second-order valence-electron chi connectivity index (χ2n) is 14.1. The Balaban J connectivity index is 1.30. The van der Waals surface area contributed by atoms with Crippen molar-refractivity contribution < 1.29 is 14.6 Å². The van der Waals surface area contributed by atoms with Gasteiger partial charge < -0.3 is 14.6 Å². The fourth-order valence-electron chi connectivity index (χ4n) is 8.26. The standard InChI is InChI=1S/C41H62O3/c1-6-33-29-38(41(11-9-26-43-5)44-27-24-30(2)3)21-23-40(33)37-19-15-35(16-20-37)34-13-17-36(18-14-34)39-22-12-32(28-31(39)4)10-7-8-25-42/h12,21-23,28-29,34-37,41-42H,2,6-11,13-20,24-27H2,1,3-5H3. The molecule has 4 rings (SSSR count). The van der Waals surface area contributed by atoms with Gasteiger partial charge in [-0.1, -0.05) is 48.9 Å². The molecule has 0 saturated heterocycles. The van der Waals surface area contributed by atoms with Crippen molar-refractivity contribution in [3.63, 3.8) is 0 Å². The molecule has 0 aromatic heterocycles. The van der Waals surface area contributed by atoms with Crippen LogP contribution in [-0.2, 0) is 22.3 Å². The summed E-state index contributed by atoms with van der Waals surface area (Å²) in [5.41, 5.74) is 10.2. The van der Waals surface area contributed by atoms with Crippen LogP contribution in [0.4, 0.5) is 0 Å². The van der Waals surface area contributed by atoms with Crippen LogP contribution in [-0.4, -0.2) is 32.0 Å². The number of rotatable bonds is 17. The summed E-state index contributed by atoms with van der Waals surface area (Å²) in [6.45, 7) is 12.6. The van der Waals surface area contributed by atoms with Crippen molar-refractivity contribution in [2.75, 3.05) is 26.9 Å². The molecular formula is C41H62O3. The SMILES string of the molecule is C=C(C)CCOC(CCCOC)c1ccc(C2CCC(C3CCC(c4ccc(CCCCO)cc4C)CC3)CC2)c(CC)c1. The van der Waals surface area contributed by atoms with Crippen LogP contribution in [0.2, 0.25) is 0 Å². The van der Waals surface area contributed by atoms with Gasteiger partial charge in [0.25, 0.3) is 0 Å². The number of hydrogen-bond donors (Lipinski definition) is 1. The average molecular weight is 603 g/mol. The molecule has 0 amide bonds. The first-order chi connectivity index (χ1) is 21.4. The Bertz CT molecular complexity index is 1140. The van der Waals surface area contributed by atoms with E-state index in [0.717, 1.165) is 75.9 Å². The van der Waals surface area contributed by atoms with Crippen LogP contribution in [0.3, 0.4) is 0 Å². The zero-order chi connectivity index (χ0) is 31.3. The first-order valence-corrected chi connectivity index (χ1v) is 18.0. The molecule has 2 saturated carbocycles. The molecule has 44 heavy (non-hydrogen) atoms. The van der Waals surface area contributed by atoms with E-state index in [2.05, 4.69) is 63.7 Å². The third-order valence-electron chi connectivity index (χ3n) is 10.9. The van der Waals surface area contributed by atoms with Crippen molar-refractivity contribution in [3.05, 3.63) is 81.9 Å². The molecule has 2 aliphatic rings. The molecule has 1 unspecified atom stereocenters. The van der Waals surface area contributed by atoms with Crippen LogP contribution < -0.4 is 0 Å². The van der Waals surface area contributed by atoms with Gasteiger partial charge in [-0.05, 0) is 167 Å². The van der Waals surface area contributed by atoms with Crippen LogP contribution >= 0.6 is 0 Å². The first-order valence-electron chi connectivity index (χ1n) is 18.0. The Morgan fingerprint density at radius 2 is 1.52 bits per heavy atom. The number of benzene rings is 2. The number of unbranched alkanes of at least 4 members (excludes halogenated alkanes) is 1. The van der Waals surface area contributed by atoms with Crippen molar-refractivity contribution in [3.8, 4) is 0 Å². The van der Waals surface area contributed by atoms with Crippen molar-refractivity contribution in [1.29, 1.82) is 0 Å². The van der Waals surface area contributed by atoms with Crippen molar-refractivity contribution in [1.82, 2.24) is 0 Å². The van der Waals surface area contributed by atoms with E-state index in [1.165, 1.54) is 79.2 Å². The van der Waals surface area contributed by atoms with Crippen LogP contribution in [0.25, 0.3) is 0 Å². The summed E-state index contributed by atoms with van der Waals surface area (Å²) in [5.74, 6) is 3.28. The Morgan fingerprint density at radius 3 is 2.11 bits per heavy atom. The summed E-state index contributed by atoms with van der Waals surface area (Å²) in [6.07, 6.45) is 18.2. The lowest BCUT2D eigenvalue weighted by Gasteiger charge is -2.38. The molecule has 0 spiro atoms. The summed E-state index contributed by atoms with van der Waals surface area (Å²) in [5, 5.41) is 9.09. The first kappa shape index (κ1) is 34.9. The third kappa shape index (κ3) is 10.0. The summed E-state index contributed by atoms with van der Waals surface area (Å²) in [6, 6.07) is 14.5. The lowest BCUT2D eigenvalue weighted by atomic mass is 9.67. The Labute approximate surface area is 269 Å². The Kier molecular flexibility index (Phi) is 14.5. The minimum atomic E-state index is 0.133. The number of hydrogen-bond acceptors (Lipinski definition) is 3. The van der Waals surface area contributed by atoms with Crippen molar-refractivity contribution >= 4 is 0 Å². The molecular weight excluding hydrogens is 540 g/mol.